The molecule has 0 aliphatic heterocycles. The van der Waals surface area contributed by atoms with Gasteiger partial charge in [-0.2, -0.15) is 0 Å². The van der Waals surface area contributed by atoms with E-state index in [4.69, 9.17) is 5.73 Å². The van der Waals surface area contributed by atoms with Crippen LogP contribution in [0.4, 0.5) is 0 Å². The van der Waals surface area contributed by atoms with E-state index < -0.39 is 0 Å². The molecule has 15 heavy (non-hydrogen) atoms. The molecule has 2 heterocycles. The molecule has 0 bridgehead atoms. The van der Waals surface area contributed by atoms with Gasteiger partial charge in [0.15, 0.2) is 0 Å². The van der Waals surface area contributed by atoms with Crippen molar-refractivity contribution in [2.45, 2.75) is 6.04 Å². The van der Waals surface area contributed by atoms with E-state index in [2.05, 4.69) is 36.8 Å². The number of rotatable bonds is 2. The molecule has 1 unspecified atom stereocenters. The molecule has 2 rings (SSSR count). The van der Waals surface area contributed by atoms with Gasteiger partial charge in [0, 0.05) is 20.0 Å². The van der Waals surface area contributed by atoms with Gasteiger partial charge in [-0.3, -0.25) is 4.98 Å². The summed E-state index contributed by atoms with van der Waals surface area (Å²) < 4.78 is 1.98. The molecule has 0 radical (unpaired) electrons. The van der Waals surface area contributed by atoms with Gasteiger partial charge in [0.25, 0.3) is 0 Å². The third-order valence-corrected chi connectivity index (χ3v) is 4.63. The molecule has 0 fully saturated rings. The molecule has 78 valence electrons. The lowest BCUT2D eigenvalue weighted by Crippen LogP contribution is -2.13. The minimum Gasteiger partial charge on any atom is -0.318 e. The molecule has 0 saturated carbocycles. The topological polar surface area (TPSA) is 38.9 Å². The number of hydrogen-bond acceptors (Lipinski definition) is 3. The van der Waals surface area contributed by atoms with Gasteiger partial charge in [-0.15, -0.1) is 11.3 Å². The molecule has 2 aromatic heterocycles. The quantitative estimate of drug-likeness (QED) is 0.899. The average Bonchev–Trinajstić information content (AvgIpc) is 2.64. The fraction of sp³-hybridized carbons (Fsp3) is 0.100. The molecule has 2 N–H and O–H groups in total. The number of hydrogen-bond donors (Lipinski definition) is 1. The van der Waals surface area contributed by atoms with Crippen molar-refractivity contribution < 1.29 is 0 Å². The van der Waals surface area contributed by atoms with Crippen LogP contribution < -0.4 is 5.73 Å². The Kier molecular flexibility index (Phi) is 3.56. The summed E-state index contributed by atoms with van der Waals surface area (Å²) in [7, 11) is 0. The van der Waals surface area contributed by atoms with Crippen molar-refractivity contribution in [2.75, 3.05) is 0 Å². The minimum absolute atomic E-state index is 0.185. The Hall–Kier alpha value is -0.230. The summed E-state index contributed by atoms with van der Waals surface area (Å²) in [5, 5.41) is 2.01. The van der Waals surface area contributed by atoms with Crippen LogP contribution in [-0.4, -0.2) is 4.98 Å². The molecule has 0 amide bonds. The van der Waals surface area contributed by atoms with Crippen LogP contribution in [0.15, 0.2) is 38.7 Å². The highest BCUT2D eigenvalue weighted by Crippen LogP contribution is 2.33. The molecule has 0 spiro atoms. The fourth-order valence-electron chi connectivity index (χ4n) is 1.28. The number of nitrogens with zero attached hydrogens (tertiary/aromatic N) is 1. The summed E-state index contributed by atoms with van der Waals surface area (Å²) in [4.78, 5) is 5.38. The van der Waals surface area contributed by atoms with Gasteiger partial charge in [-0.05, 0) is 55.4 Å². The lowest BCUT2D eigenvalue weighted by atomic mass is 10.1. The van der Waals surface area contributed by atoms with Gasteiger partial charge < -0.3 is 5.73 Å². The molecule has 1 atom stereocenters. The average molecular weight is 348 g/mol. The van der Waals surface area contributed by atoms with Crippen LogP contribution in [0.2, 0.25) is 0 Å². The summed E-state index contributed by atoms with van der Waals surface area (Å²) in [6, 6.07) is 5.64. The predicted molar refractivity (Wildman–Crippen MR) is 70.0 cm³/mol. The summed E-state index contributed by atoms with van der Waals surface area (Å²) in [6.45, 7) is 0. The van der Waals surface area contributed by atoms with Crippen molar-refractivity contribution in [1.29, 1.82) is 0 Å². The van der Waals surface area contributed by atoms with Crippen LogP contribution in [-0.2, 0) is 0 Å². The molecule has 0 aliphatic carbocycles. The lowest BCUT2D eigenvalue weighted by Gasteiger charge is -2.11. The first kappa shape index (κ1) is 11.3. The van der Waals surface area contributed by atoms with Crippen molar-refractivity contribution in [1.82, 2.24) is 4.98 Å². The Balaban J connectivity index is 2.41. The molecular weight excluding hydrogens is 340 g/mol. The highest BCUT2D eigenvalue weighted by Gasteiger charge is 2.16. The van der Waals surface area contributed by atoms with Crippen LogP contribution in [0, 0.1) is 0 Å². The second-order valence-electron chi connectivity index (χ2n) is 2.98. The SMILES string of the molecule is NC(c1ncccc1Br)c1sccc1Br. The Morgan fingerprint density at radius 1 is 1.27 bits per heavy atom. The van der Waals surface area contributed by atoms with Gasteiger partial charge in [0.05, 0.1) is 11.7 Å². The third-order valence-electron chi connectivity index (χ3n) is 2.01. The summed E-state index contributed by atoms with van der Waals surface area (Å²) in [5.74, 6) is 0. The van der Waals surface area contributed by atoms with E-state index in [0.29, 0.717) is 0 Å². The van der Waals surface area contributed by atoms with E-state index in [0.717, 1.165) is 19.5 Å². The van der Waals surface area contributed by atoms with E-state index >= 15 is 0 Å². The van der Waals surface area contributed by atoms with Crippen molar-refractivity contribution in [3.05, 3.63) is 49.3 Å². The van der Waals surface area contributed by atoms with Crippen molar-refractivity contribution in [2.24, 2.45) is 5.73 Å². The first-order valence-corrected chi connectivity index (χ1v) is 6.75. The number of pyridine rings is 1. The Labute approximate surface area is 109 Å². The highest BCUT2D eigenvalue weighted by molar-refractivity contribution is 9.10. The molecule has 0 aliphatic rings. The van der Waals surface area contributed by atoms with Crippen LogP contribution in [0.1, 0.15) is 16.6 Å². The first-order chi connectivity index (χ1) is 7.20. The Morgan fingerprint density at radius 3 is 2.67 bits per heavy atom. The zero-order chi connectivity index (χ0) is 10.8. The Bertz CT molecular complexity index is 470. The maximum atomic E-state index is 6.15. The molecule has 0 aromatic carbocycles. The summed E-state index contributed by atoms with van der Waals surface area (Å²) in [6.07, 6.45) is 1.75. The summed E-state index contributed by atoms with van der Waals surface area (Å²) in [5.41, 5.74) is 7.01. The smallest absolute Gasteiger partial charge is 0.0843 e. The zero-order valence-corrected chi connectivity index (χ0v) is 11.6. The van der Waals surface area contributed by atoms with Crippen LogP contribution >= 0.6 is 43.2 Å². The van der Waals surface area contributed by atoms with Crippen LogP contribution in [0.5, 0.6) is 0 Å². The van der Waals surface area contributed by atoms with Crippen LogP contribution in [0.3, 0.4) is 0 Å². The number of aromatic nitrogens is 1. The van der Waals surface area contributed by atoms with E-state index in [9.17, 15) is 0 Å². The monoisotopic (exact) mass is 346 g/mol. The van der Waals surface area contributed by atoms with Gasteiger partial charge in [0.2, 0.25) is 0 Å². The first-order valence-electron chi connectivity index (χ1n) is 4.29. The van der Waals surface area contributed by atoms with E-state index in [1.165, 1.54) is 0 Å². The molecule has 2 nitrogen and oxygen atoms in total. The normalized spacial score (nSPS) is 12.7. The minimum atomic E-state index is -0.185. The lowest BCUT2D eigenvalue weighted by molar-refractivity contribution is 0.836. The van der Waals surface area contributed by atoms with E-state index in [1.807, 2.05) is 23.6 Å². The fourth-order valence-corrected chi connectivity index (χ4v) is 3.40. The van der Waals surface area contributed by atoms with Crippen LogP contribution in [0.25, 0.3) is 0 Å². The van der Waals surface area contributed by atoms with Gasteiger partial charge in [0.1, 0.15) is 0 Å². The highest BCUT2D eigenvalue weighted by atomic mass is 79.9. The maximum absolute atomic E-state index is 6.15. The maximum Gasteiger partial charge on any atom is 0.0843 e. The van der Waals surface area contributed by atoms with E-state index in [1.54, 1.807) is 17.5 Å². The largest absolute Gasteiger partial charge is 0.318 e. The summed E-state index contributed by atoms with van der Waals surface area (Å²) >= 11 is 8.56. The third kappa shape index (κ3) is 2.30. The number of nitrogens with two attached hydrogens (primary N) is 1. The predicted octanol–water partition coefficient (Wildman–Crippen LogP) is 3.72. The molecule has 2 aromatic rings. The van der Waals surface area contributed by atoms with E-state index in [-0.39, 0.29) is 6.04 Å². The zero-order valence-electron chi connectivity index (χ0n) is 7.65. The standard InChI is InChI=1S/C10H8Br2N2S/c11-6-2-1-4-14-9(6)8(13)10-7(12)3-5-15-10/h1-5,8H,13H2. The van der Waals surface area contributed by atoms with Gasteiger partial charge in [-0.25, -0.2) is 0 Å². The van der Waals surface area contributed by atoms with Gasteiger partial charge in [-0.1, -0.05) is 0 Å². The molecule has 5 heteroatoms. The second-order valence-corrected chi connectivity index (χ2v) is 5.64. The number of halogens is 2. The Morgan fingerprint density at radius 2 is 2.07 bits per heavy atom. The molecule has 0 saturated heterocycles. The van der Waals surface area contributed by atoms with Gasteiger partial charge >= 0.3 is 0 Å². The van der Waals surface area contributed by atoms with Crippen molar-refractivity contribution >= 4 is 43.2 Å². The second kappa shape index (κ2) is 4.74. The molecular formula is C10H8Br2N2S. The van der Waals surface area contributed by atoms with Crippen molar-refractivity contribution in [3.8, 4) is 0 Å². The number of thiophene rings is 1. The van der Waals surface area contributed by atoms with Crippen molar-refractivity contribution in [3.63, 3.8) is 0 Å².